The van der Waals surface area contributed by atoms with Gasteiger partial charge in [-0.25, -0.2) is 4.98 Å². The molecule has 2 aliphatic rings. The van der Waals surface area contributed by atoms with E-state index in [1.807, 2.05) is 38.3 Å². The second-order valence-corrected chi connectivity index (χ2v) is 7.93. The average Bonchev–Trinajstić information content (AvgIpc) is 2.74. The van der Waals surface area contributed by atoms with E-state index >= 15 is 0 Å². The molecule has 29 heavy (non-hydrogen) atoms. The normalized spacial score (nSPS) is 19.9. The highest BCUT2D eigenvalue weighted by Gasteiger charge is 2.21. The van der Waals surface area contributed by atoms with Crippen LogP contribution in [0.15, 0.2) is 53.0 Å². The van der Waals surface area contributed by atoms with Crippen LogP contribution in [0.4, 0.5) is 0 Å². The number of allylic oxidation sites excluding steroid dienone is 6. The molecule has 1 fully saturated rings. The molecule has 3 heterocycles. The van der Waals surface area contributed by atoms with E-state index in [1.54, 1.807) is 16.5 Å². The molecule has 0 radical (unpaired) electrons. The second kappa shape index (κ2) is 7.91. The maximum Gasteiger partial charge on any atom is 0.258 e. The fourth-order valence-electron chi connectivity index (χ4n) is 4.31. The number of likely N-dealkylation sites (tertiary alicyclic amines) is 1. The van der Waals surface area contributed by atoms with Gasteiger partial charge in [0.15, 0.2) is 0 Å². The summed E-state index contributed by atoms with van der Waals surface area (Å²) in [7, 11) is 0. The smallest absolute Gasteiger partial charge is 0.258 e. The Morgan fingerprint density at radius 1 is 1.24 bits per heavy atom. The molecule has 0 saturated carbocycles. The Balaban J connectivity index is 1.73. The van der Waals surface area contributed by atoms with Gasteiger partial charge in [0.25, 0.3) is 5.56 Å². The van der Waals surface area contributed by atoms with Crippen molar-refractivity contribution in [2.75, 3.05) is 19.6 Å². The Morgan fingerprint density at radius 2 is 2.00 bits per heavy atom. The molecule has 0 atom stereocenters. The van der Waals surface area contributed by atoms with Gasteiger partial charge in [-0.2, -0.15) is 0 Å². The third-order valence-corrected chi connectivity index (χ3v) is 6.13. The fourth-order valence-corrected chi connectivity index (χ4v) is 4.31. The highest BCUT2D eigenvalue weighted by molar-refractivity contribution is 6.12. The van der Waals surface area contributed by atoms with Crippen LogP contribution in [0, 0.1) is 12.3 Å². The number of fused-ring (bicyclic) bond motifs is 1. The molecule has 5 nitrogen and oxygen atoms in total. The van der Waals surface area contributed by atoms with Gasteiger partial charge in [-0.05, 0) is 81.1 Å². The van der Waals surface area contributed by atoms with Crippen LogP contribution in [0.1, 0.15) is 49.4 Å². The first-order valence-corrected chi connectivity index (χ1v) is 10.4. The molecule has 5 heteroatoms. The second-order valence-electron chi connectivity index (χ2n) is 7.93. The summed E-state index contributed by atoms with van der Waals surface area (Å²) < 4.78 is 1.70. The molecule has 2 aromatic heterocycles. The predicted octanol–water partition coefficient (Wildman–Crippen LogP) is 4.12. The molecule has 0 unspecified atom stereocenters. The van der Waals surface area contributed by atoms with Crippen LogP contribution >= 0.6 is 0 Å². The molecule has 0 aromatic carbocycles. The van der Waals surface area contributed by atoms with Crippen molar-refractivity contribution in [2.24, 2.45) is 0 Å². The van der Waals surface area contributed by atoms with Crippen LogP contribution in [0.2, 0.25) is 0 Å². The molecule has 150 valence electrons. The van der Waals surface area contributed by atoms with Crippen LogP contribution in [0.25, 0.3) is 11.2 Å². The number of aromatic nitrogens is 2. The standard InChI is InChI=1S/C24H28N4O/c1-4-17-13-19(6-7-21(17)25)22-14-23(29)28-15-20(12-16(3)24(28)26-22)18-8-10-27(5-2)11-9-18/h4,6-7,12-15,18,25H,5,8-11H2,1-3H3/b17-4-,25-21?. The minimum atomic E-state index is -0.0575. The summed E-state index contributed by atoms with van der Waals surface area (Å²) in [5, 5.41) is 7.96. The first-order valence-electron chi connectivity index (χ1n) is 10.4. The minimum absolute atomic E-state index is 0.0575. The first-order chi connectivity index (χ1) is 14.0. The molecule has 1 saturated heterocycles. The molecule has 0 amide bonds. The zero-order valence-corrected chi connectivity index (χ0v) is 17.4. The summed E-state index contributed by atoms with van der Waals surface area (Å²) in [6, 6.07) is 3.81. The van der Waals surface area contributed by atoms with E-state index in [-0.39, 0.29) is 5.56 Å². The monoisotopic (exact) mass is 388 g/mol. The molecular weight excluding hydrogens is 360 g/mol. The van der Waals surface area contributed by atoms with E-state index in [1.165, 1.54) is 5.56 Å². The van der Waals surface area contributed by atoms with Gasteiger partial charge in [-0.3, -0.25) is 9.20 Å². The number of piperidine rings is 1. The number of pyridine rings is 1. The Kier molecular flexibility index (Phi) is 5.33. The van der Waals surface area contributed by atoms with Crippen molar-refractivity contribution in [3.05, 3.63) is 75.4 Å². The Bertz CT molecular complexity index is 1110. The molecule has 2 aromatic rings. The Labute approximate surface area is 171 Å². The summed E-state index contributed by atoms with van der Waals surface area (Å²) in [5.74, 6) is 0.500. The third kappa shape index (κ3) is 3.75. The lowest BCUT2D eigenvalue weighted by molar-refractivity contribution is 0.222. The first kappa shape index (κ1) is 19.5. The van der Waals surface area contributed by atoms with Gasteiger partial charge in [-0.15, -0.1) is 0 Å². The molecule has 0 bridgehead atoms. The van der Waals surface area contributed by atoms with Crippen molar-refractivity contribution >= 4 is 16.9 Å². The zero-order chi connectivity index (χ0) is 20.5. The van der Waals surface area contributed by atoms with Crippen molar-refractivity contribution in [1.29, 1.82) is 5.41 Å². The molecule has 1 aliphatic carbocycles. The fraction of sp³-hybridized carbons (Fsp3) is 0.375. The molecule has 0 spiro atoms. The number of rotatable bonds is 3. The lowest BCUT2D eigenvalue weighted by atomic mass is 9.90. The van der Waals surface area contributed by atoms with Gasteiger partial charge in [0.05, 0.1) is 11.4 Å². The topological polar surface area (TPSA) is 61.5 Å². The zero-order valence-electron chi connectivity index (χ0n) is 17.4. The van der Waals surface area contributed by atoms with Crippen LogP contribution < -0.4 is 5.56 Å². The lowest BCUT2D eigenvalue weighted by Gasteiger charge is -2.31. The lowest BCUT2D eigenvalue weighted by Crippen LogP contribution is -2.32. The van der Waals surface area contributed by atoms with Crippen molar-refractivity contribution in [3.8, 4) is 0 Å². The summed E-state index contributed by atoms with van der Waals surface area (Å²) in [6.07, 6.45) is 11.7. The minimum Gasteiger partial charge on any atom is -0.304 e. The summed E-state index contributed by atoms with van der Waals surface area (Å²) >= 11 is 0. The Hall–Kier alpha value is -2.79. The number of nitrogens with zero attached hydrogens (tertiary/aromatic N) is 3. The van der Waals surface area contributed by atoms with E-state index in [0.717, 1.165) is 49.2 Å². The molecule has 1 aliphatic heterocycles. The van der Waals surface area contributed by atoms with Crippen LogP contribution in [0.3, 0.4) is 0 Å². The van der Waals surface area contributed by atoms with Gasteiger partial charge >= 0.3 is 0 Å². The summed E-state index contributed by atoms with van der Waals surface area (Å²) in [6.45, 7) is 9.50. The number of hydrogen-bond acceptors (Lipinski definition) is 4. The van der Waals surface area contributed by atoms with Gasteiger partial charge in [0, 0.05) is 17.8 Å². The van der Waals surface area contributed by atoms with Gasteiger partial charge in [0.2, 0.25) is 0 Å². The number of nitrogens with one attached hydrogen (secondary N) is 1. The van der Waals surface area contributed by atoms with Gasteiger partial charge in [-0.1, -0.05) is 25.1 Å². The van der Waals surface area contributed by atoms with Gasteiger partial charge in [0.1, 0.15) is 5.65 Å². The predicted molar refractivity (Wildman–Crippen MR) is 119 cm³/mol. The highest BCUT2D eigenvalue weighted by atomic mass is 16.1. The summed E-state index contributed by atoms with van der Waals surface area (Å²) in [4.78, 5) is 20.2. The van der Waals surface area contributed by atoms with Crippen LogP contribution in [-0.2, 0) is 0 Å². The maximum atomic E-state index is 12.9. The van der Waals surface area contributed by atoms with Crippen molar-refractivity contribution < 1.29 is 0 Å². The average molecular weight is 389 g/mol. The van der Waals surface area contributed by atoms with Crippen molar-refractivity contribution in [3.63, 3.8) is 0 Å². The van der Waals surface area contributed by atoms with Crippen LogP contribution in [0.5, 0.6) is 0 Å². The van der Waals surface area contributed by atoms with Crippen molar-refractivity contribution in [2.45, 2.75) is 39.5 Å². The molecule has 4 rings (SSSR count). The van der Waals surface area contributed by atoms with E-state index < -0.39 is 0 Å². The van der Waals surface area contributed by atoms with Crippen molar-refractivity contribution in [1.82, 2.24) is 14.3 Å². The third-order valence-electron chi connectivity index (χ3n) is 6.13. The van der Waals surface area contributed by atoms with E-state index in [4.69, 9.17) is 10.4 Å². The number of aryl methyl sites for hydroxylation is 1. The Morgan fingerprint density at radius 3 is 2.69 bits per heavy atom. The SMILES string of the molecule is C/C=C1/C=C(c2cc(=O)n3cc(C4CCN(CC)CC4)cc(C)c3n2)C=CC1=N. The molecular formula is C24H28N4O. The molecule has 1 N–H and O–H groups in total. The van der Waals surface area contributed by atoms with Gasteiger partial charge < -0.3 is 10.3 Å². The largest absolute Gasteiger partial charge is 0.304 e. The highest BCUT2D eigenvalue weighted by Crippen LogP contribution is 2.29. The summed E-state index contributed by atoms with van der Waals surface area (Å²) in [5.41, 5.74) is 5.76. The maximum absolute atomic E-state index is 12.9. The number of hydrogen-bond donors (Lipinski definition) is 1. The quantitative estimate of drug-likeness (QED) is 0.860. The van der Waals surface area contributed by atoms with Crippen LogP contribution in [-0.4, -0.2) is 39.6 Å². The van der Waals surface area contributed by atoms with E-state index in [9.17, 15) is 4.79 Å². The van der Waals surface area contributed by atoms with E-state index in [0.29, 0.717) is 23.0 Å². The van der Waals surface area contributed by atoms with E-state index in [2.05, 4.69) is 17.9 Å².